The first-order chi connectivity index (χ1) is 11.4. The van der Waals surface area contributed by atoms with Crippen LogP contribution >= 0.6 is 0 Å². The molecule has 0 aromatic carbocycles. The SMILES string of the molecule is COC(C=O)C(CO)OC(C=O)OC1C(CO)OC(C)C(O)C1O. The number of aldehydes is 2. The second-order valence-corrected chi connectivity index (χ2v) is 5.34. The van der Waals surface area contributed by atoms with E-state index in [1.165, 1.54) is 14.0 Å². The molecule has 8 unspecified atom stereocenters. The third-order valence-electron chi connectivity index (χ3n) is 3.77. The first-order valence-electron chi connectivity index (χ1n) is 7.41. The van der Waals surface area contributed by atoms with Crippen LogP contribution in [0.4, 0.5) is 0 Å². The van der Waals surface area contributed by atoms with Crippen molar-refractivity contribution in [3.05, 3.63) is 0 Å². The molecule has 1 rings (SSSR count). The molecule has 0 bridgehead atoms. The van der Waals surface area contributed by atoms with E-state index in [-0.39, 0.29) is 6.29 Å². The van der Waals surface area contributed by atoms with Crippen molar-refractivity contribution in [3.8, 4) is 0 Å². The number of carbonyl (C=O) groups excluding carboxylic acids is 2. The Bertz CT molecular complexity index is 390. The van der Waals surface area contributed by atoms with Crippen molar-refractivity contribution in [1.29, 1.82) is 0 Å². The fourth-order valence-corrected chi connectivity index (χ4v) is 2.38. The normalized spacial score (nSPS) is 34.3. The van der Waals surface area contributed by atoms with Crippen molar-refractivity contribution in [2.45, 2.75) is 55.9 Å². The van der Waals surface area contributed by atoms with E-state index in [9.17, 15) is 30.0 Å². The van der Waals surface area contributed by atoms with Crippen LogP contribution in [-0.4, -0.2) is 102 Å². The molecule has 10 nitrogen and oxygen atoms in total. The van der Waals surface area contributed by atoms with E-state index >= 15 is 0 Å². The van der Waals surface area contributed by atoms with Crippen molar-refractivity contribution in [2.24, 2.45) is 0 Å². The molecule has 1 fully saturated rings. The molecule has 1 saturated heterocycles. The van der Waals surface area contributed by atoms with Crippen LogP contribution < -0.4 is 0 Å². The van der Waals surface area contributed by atoms with Crippen molar-refractivity contribution in [1.82, 2.24) is 0 Å². The standard InChI is InChI=1S/C14H24O10/c1-7-12(19)13(20)14(10(5-17)22-7)24-11(6-18)23-9(4-16)8(3-15)21-2/h3,6-14,16-17,19-20H,4-5H2,1-2H3. The molecule has 10 heteroatoms. The number of rotatable bonds is 10. The highest BCUT2D eigenvalue weighted by atomic mass is 16.7. The Hall–Kier alpha value is -0.980. The zero-order chi connectivity index (χ0) is 18.3. The molecule has 24 heavy (non-hydrogen) atoms. The van der Waals surface area contributed by atoms with Gasteiger partial charge in [0.25, 0.3) is 0 Å². The fourth-order valence-electron chi connectivity index (χ4n) is 2.38. The van der Waals surface area contributed by atoms with Gasteiger partial charge in [0.15, 0.2) is 12.6 Å². The van der Waals surface area contributed by atoms with Gasteiger partial charge in [-0.3, -0.25) is 4.79 Å². The molecule has 1 aliphatic heterocycles. The van der Waals surface area contributed by atoms with E-state index in [0.717, 1.165) is 0 Å². The Labute approximate surface area is 138 Å². The molecular formula is C14H24O10. The highest BCUT2D eigenvalue weighted by Crippen LogP contribution is 2.24. The van der Waals surface area contributed by atoms with E-state index in [1.807, 2.05) is 0 Å². The largest absolute Gasteiger partial charge is 0.394 e. The third-order valence-corrected chi connectivity index (χ3v) is 3.77. The molecule has 0 saturated carbocycles. The maximum Gasteiger partial charge on any atom is 0.215 e. The summed E-state index contributed by atoms with van der Waals surface area (Å²) >= 11 is 0. The summed E-state index contributed by atoms with van der Waals surface area (Å²) in [5, 5.41) is 38.5. The number of aliphatic hydroxyl groups is 4. The Kier molecular flexibility index (Phi) is 8.87. The number of methoxy groups -OCH3 is 1. The smallest absolute Gasteiger partial charge is 0.215 e. The monoisotopic (exact) mass is 352 g/mol. The molecule has 0 aromatic rings. The van der Waals surface area contributed by atoms with Crippen molar-refractivity contribution >= 4 is 12.6 Å². The van der Waals surface area contributed by atoms with E-state index in [4.69, 9.17) is 18.9 Å². The maximum atomic E-state index is 11.2. The van der Waals surface area contributed by atoms with Crippen LogP contribution in [0.2, 0.25) is 0 Å². The highest BCUT2D eigenvalue weighted by Gasteiger charge is 2.44. The predicted molar refractivity (Wildman–Crippen MR) is 77.0 cm³/mol. The summed E-state index contributed by atoms with van der Waals surface area (Å²) in [7, 11) is 1.22. The van der Waals surface area contributed by atoms with Crippen molar-refractivity contribution in [2.75, 3.05) is 20.3 Å². The molecule has 0 radical (unpaired) electrons. The Morgan fingerprint density at radius 2 is 1.83 bits per heavy atom. The minimum absolute atomic E-state index is 0.242. The van der Waals surface area contributed by atoms with Crippen LogP contribution in [0.3, 0.4) is 0 Å². The summed E-state index contributed by atoms with van der Waals surface area (Å²) in [4.78, 5) is 22.0. The summed E-state index contributed by atoms with van der Waals surface area (Å²) in [6.45, 7) is 0.357. The molecule has 140 valence electrons. The minimum Gasteiger partial charge on any atom is -0.394 e. The molecule has 0 aliphatic carbocycles. The maximum absolute atomic E-state index is 11.2. The van der Waals surface area contributed by atoms with Crippen LogP contribution in [0.15, 0.2) is 0 Å². The topological polar surface area (TPSA) is 152 Å². The highest BCUT2D eigenvalue weighted by molar-refractivity contribution is 5.57. The number of aliphatic hydroxyl groups excluding tert-OH is 4. The Morgan fingerprint density at radius 3 is 2.29 bits per heavy atom. The van der Waals surface area contributed by atoms with Crippen LogP contribution in [0.1, 0.15) is 6.92 Å². The lowest BCUT2D eigenvalue weighted by Gasteiger charge is -2.41. The molecule has 0 amide bonds. The fraction of sp³-hybridized carbons (Fsp3) is 0.857. The van der Waals surface area contributed by atoms with E-state index in [0.29, 0.717) is 6.29 Å². The second-order valence-electron chi connectivity index (χ2n) is 5.34. The van der Waals surface area contributed by atoms with Gasteiger partial charge >= 0.3 is 0 Å². The van der Waals surface area contributed by atoms with Gasteiger partial charge in [-0.25, -0.2) is 0 Å². The van der Waals surface area contributed by atoms with Gasteiger partial charge in [0.05, 0.1) is 19.3 Å². The van der Waals surface area contributed by atoms with Gasteiger partial charge in [-0.2, -0.15) is 0 Å². The number of ether oxygens (including phenoxy) is 4. The summed E-state index contributed by atoms with van der Waals surface area (Å²) < 4.78 is 20.6. The van der Waals surface area contributed by atoms with Gasteiger partial charge < -0.3 is 44.2 Å². The number of hydrogen-bond acceptors (Lipinski definition) is 10. The zero-order valence-electron chi connectivity index (χ0n) is 13.4. The van der Waals surface area contributed by atoms with E-state index in [2.05, 4.69) is 0 Å². The summed E-state index contributed by atoms with van der Waals surface area (Å²) in [5.74, 6) is 0. The summed E-state index contributed by atoms with van der Waals surface area (Å²) in [6.07, 6.45) is -8.99. The first kappa shape index (κ1) is 21.1. The number of carbonyl (C=O) groups is 2. The average molecular weight is 352 g/mol. The van der Waals surface area contributed by atoms with Crippen LogP contribution in [-0.2, 0) is 28.5 Å². The van der Waals surface area contributed by atoms with Gasteiger partial charge in [0, 0.05) is 7.11 Å². The van der Waals surface area contributed by atoms with Gasteiger partial charge in [0.2, 0.25) is 6.29 Å². The van der Waals surface area contributed by atoms with Gasteiger partial charge in [-0.05, 0) is 6.92 Å². The molecule has 1 heterocycles. The Morgan fingerprint density at radius 1 is 1.17 bits per heavy atom. The lowest BCUT2D eigenvalue weighted by Crippen LogP contribution is -2.59. The minimum atomic E-state index is -1.59. The van der Waals surface area contributed by atoms with Crippen LogP contribution in [0, 0.1) is 0 Å². The molecular weight excluding hydrogens is 328 g/mol. The second kappa shape index (κ2) is 10.1. The number of hydrogen-bond donors (Lipinski definition) is 4. The third kappa shape index (κ3) is 5.01. The van der Waals surface area contributed by atoms with E-state index in [1.54, 1.807) is 0 Å². The molecule has 0 spiro atoms. The lowest BCUT2D eigenvalue weighted by atomic mass is 9.96. The Balaban J connectivity index is 2.81. The van der Waals surface area contributed by atoms with Crippen LogP contribution in [0.5, 0.6) is 0 Å². The van der Waals surface area contributed by atoms with Gasteiger partial charge in [-0.1, -0.05) is 0 Å². The predicted octanol–water partition coefficient (Wildman–Crippen LogP) is -3.01. The van der Waals surface area contributed by atoms with Crippen LogP contribution in [0.25, 0.3) is 0 Å². The summed E-state index contributed by atoms with van der Waals surface area (Å²) in [6, 6.07) is 0. The molecule has 1 aliphatic rings. The zero-order valence-corrected chi connectivity index (χ0v) is 13.4. The first-order valence-corrected chi connectivity index (χ1v) is 7.41. The van der Waals surface area contributed by atoms with E-state index < -0.39 is 62.2 Å². The van der Waals surface area contributed by atoms with Crippen molar-refractivity contribution < 1.29 is 49.0 Å². The molecule has 4 N–H and O–H groups in total. The van der Waals surface area contributed by atoms with Gasteiger partial charge in [0.1, 0.15) is 36.6 Å². The molecule has 8 atom stereocenters. The quantitative estimate of drug-likeness (QED) is 0.236. The van der Waals surface area contributed by atoms with Crippen molar-refractivity contribution in [3.63, 3.8) is 0 Å². The average Bonchev–Trinajstić information content (AvgIpc) is 2.60. The summed E-state index contributed by atoms with van der Waals surface area (Å²) in [5.41, 5.74) is 0. The molecule has 0 aromatic heterocycles. The van der Waals surface area contributed by atoms with Gasteiger partial charge in [-0.15, -0.1) is 0 Å². The lowest BCUT2D eigenvalue weighted by molar-refractivity contribution is -0.281.